The minimum atomic E-state index is -5.26. The molecule has 0 aliphatic carbocycles. The third-order valence-corrected chi connectivity index (χ3v) is 12.5. The molecule has 20 nitrogen and oxygen atoms in total. The van der Waals surface area contributed by atoms with Crippen molar-refractivity contribution in [1.29, 1.82) is 0 Å². The maximum atomic E-state index is 13.5. The van der Waals surface area contributed by atoms with Crippen molar-refractivity contribution in [2.45, 2.75) is 55.0 Å². The molecule has 5 rings (SSSR count). The molecule has 0 saturated heterocycles. The smallest absolute Gasteiger partial charge is 0.416 e. The van der Waals surface area contributed by atoms with Gasteiger partial charge in [0.2, 0.25) is 11.9 Å². The number of anilines is 6. The van der Waals surface area contributed by atoms with Crippen LogP contribution in [-0.4, -0.2) is 98.8 Å². The van der Waals surface area contributed by atoms with Gasteiger partial charge in [-0.25, -0.2) is 0 Å². The standard InChI is InChI=1S/C41H45F6N11O9S3/c1-7-57(8-2)31-19-27(29(21-33(31)66-5)55-53-25-13-11-23(40(42,43)44)17-35(25)69(60,61)62)48-37-50-38(52-39(51-37)68-16-15-59)49-28-20-32(58(9-3)10-4)34(67-6)22-30(28)56-54-26-14-12-24(41(45,46)47)18-36(26)70(63,64)65/h11-14,17-22,59H,7-10,15-16H2,1-6H3,(H,60,61,62)(H,63,64,65)(H2,48,49,50,51,52). The number of halogens is 6. The molecule has 0 atom stereocenters. The molecule has 0 fully saturated rings. The molecule has 1 heterocycles. The Bertz CT molecular complexity index is 2790. The summed E-state index contributed by atoms with van der Waals surface area (Å²) in [6.07, 6.45) is -9.94. The van der Waals surface area contributed by atoms with Gasteiger partial charge in [-0.1, -0.05) is 11.8 Å². The van der Waals surface area contributed by atoms with Crippen molar-refractivity contribution in [2.75, 3.05) is 73.2 Å². The van der Waals surface area contributed by atoms with E-state index >= 15 is 0 Å². The minimum Gasteiger partial charge on any atom is -0.494 e. The SMILES string of the molecule is CCN(CC)c1cc(Nc2nc(Nc3cc(N(CC)CC)c(OC)cc3N=Nc3ccc(C(F)(F)F)cc3S(=O)(=O)O)nc(SCCO)n2)c(N=Nc2ccc(C(F)(F)F)cc2S(=O)(=O)O)cc1OC. The molecular weight excluding hydrogens is 1000 g/mol. The first-order valence-corrected chi connectivity index (χ1v) is 24.4. The summed E-state index contributed by atoms with van der Waals surface area (Å²) in [5.74, 6) is 0.196. The van der Waals surface area contributed by atoms with E-state index < -0.39 is 64.9 Å². The Balaban J connectivity index is 1.70. The molecule has 0 aliphatic heterocycles. The molecule has 29 heteroatoms. The van der Waals surface area contributed by atoms with Gasteiger partial charge in [0, 0.05) is 44.1 Å². The van der Waals surface area contributed by atoms with Gasteiger partial charge >= 0.3 is 12.4 Å². The lowest BCUT2D eigenvalue weighted by Crippen LogP contribution is -2.22. The predicted octanol–water partition coefficient (Wildman–Crippen LogP) is 10.5. The number of rotatable bonds is 21. The summed E-state index contributed by atoms with van der Waals surface area (Å²) in [5.41, 5.74) is -3.06. The largest absolute Gasteiger partial charge is 0.494 e. The zero-order valence-corrected chi connectivity index (χ0v) is 40.3. The second-order valence-corrected chi connectivity index (χ2v) is 18.1. The summed E-state index contributed by atoms with van der Waals surface area (Å²) in [6, 6.07) is 8.89. The van der Waals surface area contributed by atoms with Crippen LogP contribution in [0, 0.1) is 0 Å². The predicted molar refractivity (Wildman–Crippen MR) is 248 cm³/mol. The maximum absolute atomic E-state index is 13.5. The number of aliphatic hydroxyl groups is 1. The highest BCUT2D eigenvalue weighted by molar-refractivity contribution is 7.99. The zero-order chi connectivity index (χ0) is 51.8. The van der Waals surface area contributed by atoms with Crippen LogP contribution in [0.2, 0.25) is 0 Å². The molecule has 0 aliphatic rings. The minimum absolute atomic E-state index is 0.0282. The number of ether oxygens (including phenoxy) is 2. The van der Waals surface area contributed by atoms with Crippen LogP contribution in [0.5, 0.6) is 11.5 Å². The lowest BCUT2D eigenvalue weighted by molar-refractivity contribution is -0.138. The summed E-state index contributed by atoms with van der Waals surface area (Å²) in [5, 5.41) is 31.9. The summed E-state index contributed by atoms with van der Waals surface area (Å²) >= 11 is 0.996. The zero-order valence-electron chi connectivity index (χ0n) is 37.8. The van der Waals surface area contributed by atoms with E-state index in [9.17, 15) is 57.4 Å². The molecule has 5 aromatic rings. The van der Waals surface area contributed by atoms with E-state index in [1.807, 2.05) is 37.5 Å². The number of nitrogens with one attached hydrogen (secondary N) is 2. The average molecular weight is 1050 g/mol. The van der Waals surface area contributed by atoms with E-state index in [1.54, 1.807) is 12.1 Å². The van der Waals surface area contributed by atoms with Crippen LogP contribution < -0.4 is 29.9 Å². The molecule has 0 radical (unpaired) electrons. The third kappa shape index (κ3) is 13.5. The van der Waals surface area contributed by atoms with Crippen molar-refractivity contribution < 1.29 is 66.9 Å². The quantitative estimate of drug-likeness (QED) is 0.0198. The molecule has 70 heavy (non-hydrogen) atoms. The molecular formula is C41H45F6N11O9S3. The average Bonchev–Trinajstić information content (AvgIpc) is 3.29. The lowest BCUT2D eigenvalue weighted by atomic mass is 10.2. The van der Waals surface area contributed by atoms with Gasteiger partial charge in [0.25, 0.3) is 20.2 Å². The van der Waals surface area contributed by atoms with Crippen LogP contribution >= 0.6 is 11.8 Å². The van der Waals surface area contributed by atoms with E-state index in [4.69, 9.17) is 9.47 Å². The van der Waals surface area contributed by atoms with E-state index in [2.05, 4.69) is 46.0 Å². The number of aromatic nitrogens is 3. The Morgan fingerprint density at radius 3 is 1.29 bits per heavy atom. The molecule has 0 saturated carbocycles. The van der Waals surface area contributed by atoms with Crippen molar-refractivity contribution in [3.8, 4) is 11.5 Å². The van der Waals surface area contributed by atoms with Crippen LogP contribution in [0.25, 0.3) is 0 Å². The van der Waals surface area contributed by atoms with Gasteiger partial charge in [0.1, 0.15) is 44.0 Å². The number of hydrogen-bond donors (Lipinski definition) is 5. The number of azo groups is 2. The fraction of sp³-hybridized carbons (Fsp3) is 0.341. The van der Waals surface area contributed by atoms with Crippen LogP contribution in [0.4, 0.5) is 83.7 Å². The van der Waals surface area contributed by atoms with Gasteiger partial charge in [-0.3, -0.25) is 9.11 Å². The maximum Gasteiger partial charge on any atom is 0.416 e. The van der Waals surface area contributed by atoms with E-state index in [0.717, 1.165) is 11.8 Å². The molecule has 1 aromatic heterocycles. The summed E-state index contributed by atoms with van der Waals surface area (Å²) in [4.78, 5) is 14.9. The third-order valence-electron chi connectivity index (χ3n) is 9.89. The normalized spacial score (nSPS) is 12.4. The Kier molecular flexibility index (Phi) is 17.6. The first-order valence-electron chi connectivity index (χ1n) is 20.6. The monoisotopic (exact) mass is 1050 g/mol. The van der Waals surface area contributed by atoms with Crippen molar-refractivity contribution in [3.63, 3.8) is 0 Å². The van der Waals surface area contributed by atoms with Gasteiger partial charge < -0.3 is 35.0 Å². The van der Waals surface area contributed by atoms with E-state index in [1.165, 1.54) is 26.4 Å². The van der Waals surface area contributed by atoms with Crippen LogP contribution in [-0.2, 0) is 32.6 Å². The molecule has 0 amide bonds. The van der Waals surface area contributed by atoms with Crippen molar-refractivity contribution in [2.24, 2.45) is 20.5 Å². The fourth-order valence-electron chi connectivity index (χ4n) is 6.52. The van der Waals surface area contributed by atoms with Crippen LogP contribution in [0.15, 0.2) is 96.1 Å². The molecule has 4 aromatic carbocycles. The van der Waals surface area contributed by atoms with E-state index in [-0.39, 0.29) is 75.8 Å². The Hall–Kier alpha value is -6.40. The molecule has 378 valence electrons. The molecule has 0 spiro atoms. The van der Waals surface area contributed by atoms with Crippen molar-refractivity contribution >= 4 is 89.4 Å². The number of thioether (sulfide) groups is 1. The highest BCUT2D eigenvalue weighted by atomic mass is 32.2. The van der Waals surface area contributed by atoms with Crippen molar-refractivity contribution in [1.82, 2.24) is 15.0 Å². The second-order valence-electron chi connectivity index (χ2n) is 14.2. The van der Waals surface area contributed by atoms with Gasteiger partial charge in [-0.15, -0.1) is 20.5 Å². The van der Waals surface area contributed by atoms with E-state index in [0.29, 0.717) is 61.8 Å². The Labute approximate surface area is 401 Å². The highest BCUT2D eigenvalue weighted by Crippen LogP contribution is 2.44. The summed E-state index contributed by atoms with van der Waals surface area (Å²) in [7, 11) is -7.78. The fourth-order valence-corrected chi connectivity index (χ4v) is 8.39. The number of nitrogens with zero attached hydrogens (tertiary/aromatic N) is 9. The highest BCUT2D eigenvalue weighted by Gasteiger charge is 2.34. The summed E-state index contributed by atoms with van der Waals surface area (Å²) in [6.45, 7) is 9.08. The molecule has 0 bridgehead atoms. The number of hydrogen-bond acceptors (Lipinski definition) is 19. The lowest BCUT2D eigenvalue weighted by Gasteiger charge is -2.25. The van der Waals surface area contributed by atoms with Gasteiger partial charge in [0.15, 0.2) is 5.16 Å². The van der Waals surface area contributed by atoms with Gasteiger partial charge in [0.05, 0.1) is 54.7 Å². The first kappa shape index (κ1) is 54.5. The number of methoxy groups -OCH3 is 2. The number of benzene rings is 4. The summed E-state index contributed by atoms with van der Waals surface area (Å²) < 4.78 is 161. The topological polar surface area (TPSA) is 266 Å². The molecule has 5 N–H and O–H groups in total. The van der Waals surface area contributed by atoms with Crippen molar-refractivity contribution in [3.05, 3.63) is 71.8 Å². The Morgan fingerprint density at radius 1 is 0.600 bits per heavy atom. The Morgan fingerprint density at radius 2 is 0.971 bits per heavy atom. The van der Waals surface area contributed by atoms with Crippen LogP contribution in [0.3, 0.4) is 0 Å². The first-order chi connectivity index (χ1) is 32.9. The van der Waals surface area contributed by atoms with Crippen LogP contribution in [0.1, 0.15) is 38.8 Å². The molecule has 0 unspecified atom stereocenters. The number of alkyl halides is 6. The van der Waals surface area contributed by atoms with Gasteiger partial charge in [-0.05, 0) is 76.2 Å². The van der Waals surface area contributed by atoms with Gasteiger partial charge in [-0.2, -0.15) is 58.1 Å². The number of aliphatic hydroxyl groups excluding tert-OH is 1. The second kappa shape index (κ2) is 22.6.